The average molecular weight is 510 g/mol. The Morgan fingerprint density at radius 1 is 0.621 bits per heavy atom. The first-order chi connectivity index (χ1) is 13.6. The van der Waals surface area contributed by atoms with Gasteiger partial charge in [0.05, 0.1) is 0 Å². The van der Waals surface area contributed by atoms with Crippen LogP contribution < -0.4 is 4.74 Å². The van der Waals surface area contributed by atoms with Crippen LogP contribution >= 0.6 is 69.6 Å². The summed E-state index contributed by atoms with van der Waals surface area (Å²) in [6.45, 7) is 0. The van der Waals surface area contributed by atoms with Crippen molar-refractivity contribution in [2.45, 2.75) is 7.59 Å². The van der Waals surface area contributed by atoms with E-state index in [9.17, 15) is 0 Å². The molecule has 29 heavy (non-hydrogen) atoms. The van der Waals surface area contributed by atoms with Crippen molar-refractivity contribution >= 4 is 81.8 Å². The summed E-state index contributed by atoms with van der Waals surface area (Å²) in [4.78, 5) is 12.1. The van der Waals surface area contributed by atoms with Gasteiger partial charge in [-0.2, -0.15) is 0 Å². The van der Waals surface area contributed by atoms with Gasteiger partial charge in [-0.05, 0) is 35.9 Å². The van der Waals surface area contributed by atoms with Crippen LogP contribution in [0, 0.1) is 0 Å². The Morgan fingerprint density at radius 2 is 1.14 bits per heavy atom. The Kier molecular flexibility index (Phi) is 7.15. The number of aromatic nitrogens is 3. The second-order valence-corrected chi connectivity index (χ2v) is 10.2. The monoisotopic (exact) mass is 507 g/mol. The van der Waals surface area contributed by atoms with Crippen molar-refractivity contribution in [2.75, 3.05) is 0 Å². The van der Waals surface area contributed by atoms with Crippen LogP contribution in [0.2, 0.25) is 0 Å². The molecule has 0 radical (unpaired) electrons. The van der Waals surface area contributed by atoms with Crippen LogP contribution in [0.3, 0.4) is 0 Å². The normalized spacial score (nSPS) is 12.3. The van der Waals surface area contributed by atoms with Crippen LogP contribution in [0.15, 0.2) is 54.6 Å². The molecule has 0 atom stereocenters. The molecule has 2 aromatic carbocycles. The SMILES string of the molecule is ClC(Cl)(Cl)c1nc(C=Cc2ccc(Oc3ccccc3)cc2)nc(C(Cl)(Cl)Cl)n1. The van der Waals surface area contributed by atoms with Gasteiger partial charge in [-0.1, -0.05) is 106 Å². The molecule has 0 N–H and O–H groups in total. The van der Waals surface area contributed by atoms with E-state index in [2.05, 4.69) is 15.0 Å². The molecule has 0 aliphatic carbocycles. The fourth-order valence-electron chi connectivity index (χ4n) is 2.16. The predicted molar refractivity (Wildman–Crippen MR) is 120 cm³/mol. The molecule has 150 valence electrons. The fourth-order valence-corrected chi connectivity index (χ4v) is 2.67. The van der Waals surface area contributed by atoms with E-state index in [0.29, 0.717) is 5.75 Å². The van der Waals surface area contributed by atoms with Gasteiger partial charge in [-0.15, -0.1) is 0 Å². The van der Waals surface area contributed by atoms with Crippen molar-refractivity contribution in [3.05, 3.63) is 77.6 Å². The zero-order valence-electron chi connectivity index (χ0n) is 14.4. The molecule has 0 amide bonds. The Morgan fingerprint density at radius 3 is 1.66 bits per heavy atom. The number of hydrogen-bond donors (Lipinski definition) is 0. The highest BCUT2D eigenvalue weighted by Crippen LogP contribution is 2.40. The van der Waals surface area contributed by atoms with E-state index in [4.69, 9.17) is 74.3 Å². The lowest BCUT2D eigenvalue weighted by atomic mass is 10.2. The Labute approximate surface area is 197 Å². The number of benzene rings is 2. The summed E-state index contributed by atoms with van der Waals surface area (Å²) in [5.41, 5.74) is 0.858. The summed E-state index contributed by atoms with van der Waals surface area (Å²) in [6, 6.07) is 16.9. The van der Waals surface area contributed by atoms with Gasteiger partial charge in [0.25, 0.3) is 0 Å². The van der Waals surface area contributed by atoms with Gasteiger partial charge in [-0.3, -0.25) is 0 Å². The van der Waals surface area contributed by atoms with Crippen molar-refractivity contribution < 1.29 is 4.74 Å². The van der Waals surface area contributed by atoms with Crippen LogP contribution in [0.25, 0.3) is 12.2 Å². The number of alkyl halides is 6. The third kappa shape index (κ3) is 6.61. The van der Waals surface area contributed by atoms with E-state index < -0.39 is 7.59 Å². The quantitative estimate of drug-likeness (QED) is 0.342. The molecule has 4 nitrogen and oxygen atoms in total. The highest BCUT2D eigenvalue weighted by atomic mass is 35.6. The van der Waals surface area contributed by atoms with Crippen LogP contribution in [0.4, 0.5) is 0 Å². The van der Waals surface area contributed by atoms with E-state index in [1.165, 1.54) is 0 Å². The molecule has 0 spiro atoms. The van der Waals surface area contributed by atoms with Gasteiger partial charge in [0.15, 0.2) is 17.5 Å². The lowest BCUT2D eigenvalue weighted by Gasteiger charge is -2.14. The Balaban J connectivity index is 1.82. The largest absolute Gasteiger partial charge is 0.457 e. The van der Waals surface area contributed by atoms with Gasteiger partial charge in [-0.25, -0.2) is 15.0 Å². The van der Waals surface area contributed by atoms with Crippen LogP contribution in [-0.2, 0) is 7.59 Å². The van der Waals surface area contributed by atoms with Crippen molar-refractivity contribution in [1.29, 1.82) is 0 Å². The van der Waals surface area contributed by atoms with E-state index in [0.717, 1.165) is 11.3 Å². The second kappa shape index (κ2) is 9.25. The summed E-state index contributed by atoms with van der Waals surface area (Å²) < 4.78 is 1.97. The summed E-state index contributed by atoms with van der Waals surface area (Å²) in [5.74, 6) is 1.33. The van der Waals surface area contributed by atoms with Crippen LogP contribution in [-0.4, -0.2) is 15.0 Å². The van der Waals surface area contributed by atoms with Crippen molar-refractivity contribution in [1.82, 2.24) is 15.0 Å². The number of ether oxygens (including phenoxy) is 1. The number of rotatable bonds is 4. The summed E-state index contributed by atoms with van der Waals surface area (Å²) in [5, 5.41) is 0. The fraction of sp³-hybridized carbons (Fsp3) is 0.105. The molecule has 0 fully saturated rings. The smallest absolute Gasteiger partial charge is 0.250 e. The van der Waals surface area contributed by atoms with E-state index in [1.54, 1.807) is 12.2 Å². The van der Waals surface area contributed by atoms with Gasteiger partial charge in [0.1, 0.15) is 11.5 Å². The zero-order chi connectivity index (χ0) is 21.1. The highest BCUT2D eigenvalue weighted by Gasteiger charge is 2.33. The molecule has 0 saturated heterocycles. The Bertz CT molecular complexity index is 967. The number of nitrogens with zero attached hydrogens (tertiary/aromatic N) is 3. The maximum Gasteiger partial charge on any atom is 0.250 e. The standard InChI is InChI=1S/C19H11Cl6N3O/c20-18(21,22)16-26-15(27-17(28-16)19(23,24)25)11-8-12-6-9-14(10-7-12)29-13-4-2-1-3-5-13/h1-11H. The molecule has 0 saturated carbocycles. The van der Waals surface area contributed by atoms with Gasteiger partial charge in [0, 0.05) is 0 Å². The summed E-state index contributed by atoms with van der Waals surface area (Å²) in [6.07, 6.45) is 3.35. The minimum atomic E-state index is -1.90. The molecule has 0 bridgehead atoms. The molecule has 1 aromatic heterocycles. The third-order valence-electron chi connectivity index (χ3n) is 3.44. The van der Waals surface area contributed by atoms with E-state index >= 15 is 0 Å². The first-order valence-electron chi connectivity index (χ1n) is 8.03. The number of para-hydroxylation sites is 1. The van der Waals surface area contributed by atoms with E-state index in [1.807, 2.05) is 54.6 Å². The maximum absolute atomic E-state index is 5.86. The molecule has 0 aliphatic rings. The van der Waals surface area contributed by atoms with E-state index in [-0.39, 0.29) is 17.5 Å². The molecule has 1 heterocycles. The minimum absolute atomic E-state index is 0.148. The van der Waals surface area contributed by atoms with Crippen LogP contribution in [0.1, 0.15) is 23.0 Å². The van der Waals surface area contributed by atoms with Gasteiger partial charge < -0.3 is 4.74 Å². The van der Waals surface area contributed by atoms with Crippen molar-refractivity contribution in [3.8, 4) is 11.5 Å². The molecule has 10 heteroatoms. The summed E-state index contributed by atoms with van der Waals surface area (Å²) >= 11 is 35.2. The van der Waals surface area contributed by atoms with Crippen LogP contribution in [0.5, 0.6) is 11.5 Å². The average Bonchev–Trinajstić information content (AvgIpc) is 2.67. The number of halogens is 6. The first kappa shape index (κ1) is 22.4. The lowest BCUT2D eigenvalue weighted by Crippen LogP contribution is -2.16. The molecule has 0 unspecified atom stereocenters. The van der Waals surface area contributed by atoms with Gasteiger partial charge in [0.2, 0.25) is 7.59 Å². The third-order valence-corrected chi connectivity index (χ3v) is 4.46. The van der Waals surface area contributed by atoms with Crippen molar-refractivity contribution in [2.24, 2.45) is 0 Å². The second-order valence-electron chi connectivity index (χ2n) is 5.65. The highest BCUT2D eigenvalue weighted by molar-refractivity contribution is 6.67. The van der Waals surface area contributed by atoms with Gasteiger partial charge >= 0.3 is 0 Å². The first-order valence-corrected chi connectivity index (χ1v) is 10.3. The topological polar surface area (TPSA) is 47.9 Å². The number of hydrogen-bond acceptors (Lipinski definition) is 4. The minimum Gasteiger partial charge on any atom is -0.457 e. The summed E-state index contributed by atoms with van der Waals surface area (Å²) in [7, 11) is 0. The molecule has 0 aliphatic heterocycles. The van der Waals surface area contributed by atoms with Crippen molar-refractivity contribution in [3.63, 3.8) is 0 Å². The predicted octanol–water partition coefficient (Wildman–Crippen LogP) is 7.49. The Hall–Kier alpha value is -1.27. The molecule has 3 rings (SSSR count). The molecular weight excluding hydrogens is 499 g/mol. The molecular formula is C19H11Cl6N3O. The zero-order valence-corrected chi connectivity index (χ0v) is 18.9. The lowest BCUT2D eigenvalue weighted by molar-refractivity contribution is 0.482. The molecule has 3 aromatic rings. The maximum atomic E-state index is 5.86.